The fourth-order valence-electron chi connectivity index (χ4n) is 1.78. The number of ether oxygens (including phenoxy) is 1. The number of benzene rings is 1. The molecule has 0 spiro atoms. The van der Waals surface area contributed by atoms with Gasteiger partial charge in [-0.1, -0.05) is 0 Å². The number of rotatable bonds is 5. The van der Waals surface area contributed by atoms with Crippen LogP contribution in [0, 0.1) is 0 Å². The molecule has 0 atom stereocenters. The zero-order chi connectivity index (χ0) is 15.4. The predicted molar refractivity (Wildman–Crippen MR) is 76.1 cm³/mol. The van der Waals surface area contributed by atoms with Crippen molar-refractivity contribution in [2.24, 2.45) is 0 Å². The Kier molecular flexibility index (Phi) is 3.78. The standard InChI is InChI=1S/C15H11N3O4/c19-13(20)9-21-12-5-3-10(4-6-12)14-17-18-15(22-14)11-2-1-7-16-8-11/h1-8H,9H2,(H,19,20). The summed E-state index contributed by atoms with van der Waals surface area (Å²) in [5.74, 6) is 0.179. The quantitative estimate of drug-likeness (QED) is 0.771. The van der Waals surface area contributed by atoms with E-state index < -0.39 is 5.97 Å². The van der Waals surface area contributed by atoms with Gasteiger partial charge in [-0.2, -0.15) is 0 Å². The molecule has 2 heterocycles. The highest BCUT2D eigenvalue weighted by Gasteiger charge is 2.10. The number of hydrogen-bond acceptors (Lipinski definition) is 6. The summed E-state index contributed by atoms with van der Waals surface area (Å²) in [6.07, 6.45) is 3.30. The Morgan fingerprint density at radius 3 is 2.45 bits per heavy atom. The molecule has 0 fully saturated rings. The smallest absolute Gasteiger partial charge is 0.341 e. The van der Waals surface area contributed by atoms with Gasteiger partial charge in [-0.05, 0) is 36.4 Å². The van der Waals surface area contributed by atoms with Gasteiger partial charge >= 0.3 is 5.97 Å². The third-order valence-electron chi connectivity index (χ3n) is 2.80. The molecule has 2 aromatic heterocycles. The number of hydrogen-bond donors (Lipinski definition) is 1. The van der Waals surface area contributed by atoms with E-state index in [-0.39, 0.29) is 6.61 Å². The molecule has 0 aliphatic heterocycles. The van der Waals surface area contributed by atoms with Gasteiger partial charge in [0.25, 0.3) is 0 Å². The Labute approximate surface area is 125 Å². The first-order chi connectivity index (χ1) is 10.7. The van der Waals surface area contributed by atoms with Gasteiger partial charge in [0.1, 0.15) is 5.75 Å². The summed E-state index contributed by atoms with van der Waals surface area (Å²) in [6.45, 7) is -0.384. The van der Waals surface area contributed by atoms with E-state index in [4.69, 9.17) is 14.3 Å². The summed E-state index contributed by atoms with van der Waals surface area (Å²) in [5, 5.41) is 16.5. The minimum absolute atomic E-state index is 0.364. The van der Waals surface area contributed by atoms with Gasteiger partial charge in [0.2, 0.25) is 11.8 Å². The maximum Gasteiger partial charge on any atom is 0.341 e. The van der Waals surface area contributed by atoms with Crippen molar-refractivity contribution < 1.29 is 19.1 Å². The normalized spacial score (nSPS) is 10.4. The summed E-state index contributed by atoms with van der Waals surface area (Å²) in [5.41, 5.74) is 1.45. The molecule has 7 heteroatoms. The van der Waals surface area contributed by atoms with E-state index in [2.05, 4.69) is 15.2 Å². The number of aliphatic carboxylic acids is 1. The fraction of sp³-hybridized carbons (Fsp3) is 0.0667. The Bertz CT molecular complexity index is 769. The minimum Gasteiger partial charge on any atom is -0.482 e. The van der Waals surface area contributed by atoms with Gasteiger partial charge in [0.05, 0.1) is 5.56 Å². The van der Waals surface area contributed by atoms with Crippen molar-refractivity contribution in [2.45, 2.75) is 0 Å². The van der Waals surface area contributed by atoms with Crippen molar-refractivity contribution in [2.75, 3.05) is 6.61 Å². The molecule has 0 unspecified atom stereocenters. The molecule has 3 aromatic rings. The summed E-state index contributed by atoms with van der Waals surface area (Å²) < 4.78 is 10.7. The van der Waals surface area contributed by atoms with E-state index in [0.717, 1.165) is 5.56 Å². The van der Waals surface area contributed by atoms with Gasteiger partial charge in [-0.3, -0.25) is 4.98 Å². The van der Waals surface area contributed by atoms with Crippen molar-refractivity contribution in [1.29, 1.82) is 0 Å². The number of carbonyl (C=O) groups is 1. The van der Waals surface area contributed by atoms with E-state index in [1.165, 1.54) is 0 Å². The molecular weight excluding hydrogens is 286 g/mol. The summed E-state index contributed by atoms with van der Waals surface area (Å²) in [7, 11) is 0. The van der Waals surface area contributed by atoms with Crippen LogP contribution in [-0.4, -0.2) is 32.9 Å². The highest BCUT2D eigenvalue weighted by atomic mass is 16.5. The lowest BCUT2D eigenvalue weighted by molar-refractivity contribution is -0.139. The van der Waals surface area contributed by atoms with Gasteiger partial charge in [-0.25, -0.2) is 4.79 Å². The molecular formula is C15H11N3O4. The van der Waals surface area contributed by atoms with Gasteiger partial charge in [0, 0.05) is 18.0 Å². The first-order valence-electron chi connectivity index (χ1n) is 6.41. The Morgan fingerprint density at radius 2 is 1.82 bits per heavy atom. The lowest BCUT2D eigenvalue weighted by Gasteiger charge is -2.02. The highest BCUT2D eigenvalue weighted by molar-refractivity contribution is 5.68. The van der Waals surface area contributed by atoms with E-state index in [0.29, 0.717) is 23.1 Å². The van der Waals surface area contributed by atoms with Crippen molar-refractivity contribution >= 4 is 5.97 Å². The summed E-state index contributed by atoms with van der Waals surface area (Å²) in [4.78, 5) is 14.4. The zero-order valence-corrected chi connectivity index (χ0v) is 11.3. The third kappa shape index (κ3) is 3.09. The average molecular weight is 297 g/mol. The second-order valence-corrected chi connectivity index (χ2v) is 4.36. The fourth-order valence-corrected chi connectivity index (χ4v) is 1.78. The van der Waals surface area contributed by atoms with E-state index in [9.17, 15) is 4.79 Å². The lowest BCUT2D eigenvalue weighted by Crippen LogP contribution is -2.09. The molecule has 0 bridgehead atoms. The molecule has 0 aliphatic rings. The third-order valence-corrected chi connectivity index (χ3v) is 2.80. The van der Waals surface area contributed by atoms with Crippen LogP contribution in [0.3, 0.4) is 0 Å². The number of carboxylic acids is 1. The number of nitrogens with zero attached hydrogens (tertiary/aromatic N) is 3. The van der Waals surface area contributed by atoms with E-state index in [1.54, 1.807) is 42.7 Å². The maximum atomic E-state index is 10.4. The van der Waals surface area contributed by atoms with Crippen LogP contribution in [0.5, 0.6) is 5.75 Å². The molecule has 1 aromatic carbocycles. The second kappa shape index (κ2) is 6.04. The molecule has 3 rings (SSSR count). The van der Waals surface area contributed by atoms with Crippen LogP contribution in [-0.2, 0) is 4.79 Å². The van der Waals surface area contributed by atoms with Crippen LogP contribution in [0.15, 0.2) is 53.2 Å². The van der Waals surface area contributed by atoms with Crippen molar-refractivity contribution in [1.82, 2.24) is 15.2 Å². The van der Waals surface area contributed by atoms with Gasteiger partial charge in [-0.15, -0.1) is 10.2 Å². The minimum atomic E-state index is -1.03. The Hall–Kier alpha value is -3.22. The Balaban J connectivity index is 1.77. The van der Waals surface area contributed by atoms with Crippen LogP contribution < -0.4 is 4.74 Å². The van der Waals surface area contributed by atoms with Crippen molar-refractivity contribution in [3.8, 4) is 28.7 Å². The van der Waals surface area contributed by atoms with Crippen molar-refractivity contribution in [3.05, 3.63) is 48.8 Å². The van der Waals surface area contributed by atoms with Crippen LogP contribution in [0.4, 0.5) is 0 Å². The molecule has 0 saturated carbocycles. The zero-order valence-electron chi connectivity index (χ0n) is 11.3. The summed E-state index contributed by atoms with van der Waals surface area (Å²) >= 11 is 0. The second-order valence-electron chi connectivity index (χ2n) is 4.36. The van der Waals surface area contributed by atoms with Crippen LogP contribution in [0.25, 0.3) is 22.9 Å². The average Bonchev–Trinajstić information content (AvgIpc) is 3.04. The van der Waals surface area contributed by atoms with Crippen LogP contribution in [0.1, 0.15) is 0 Å². The van der Waals surface area contributed by atoms with Crippen LogP contribution in [0.2, 0.25) is 0 Å². The monoisotopic (exact) mass is 297 g/mol. The number of carboxylic acid groups (broad SMARTS) is 1. The number of pyridine rings is 1. The van der Waals surface area contributed by atoms with E-state index in [1.807, 2.05) is 6.07 Å². The van der Waals surface area contributed by atoms with Gasteiger partial charge < -0.3 is 14.3 Å². The predicted octanol–water partition coefficient (Wildman–Crippen LogP) is 2.26. The molecule has 0 radical (unpaired) electrons. The molecule has 0 amide bonds. The Morgan fingerprint density at radius 1 is 1.09 bits per heavy atom. The molecule has 22 heavy (non-hydrogen) atoms. The van der Waals surface area contributed by atoms with E-state index >= 15 is 0 Å². The first kappa shape index (κ1) is 13.7. The summed E-state index contributed by atoms with van der Waals surface area (Å²) in [6, 6.07) is 10.3. The molecule has 110 valence electrons. The molecule has 0 saturated heterocycles. The van der Waals surface area contributed by atoms with Gasteiger partial charge in [0.15, 0.2) is 6.61 Å². The van der Waals surface area contributed by atoms with Crippen LogP contribution >= 0.6 is 0 Å². The number of aromatic nitrogens is 3. The lowest BCUT2D eigenvalue weighted by atomic mass is 10.2. The van der Waals surface area contributed by atoms with Crippen molar-refractivity contribution in [3.63, 3.8) is 0 Å². The maximum absolute atomic E-state index is 10.4. The molecule has 1 N–H and O–H groups in total. The SMILES string of the molecule is O=C(O)COc1ccc(-c2nnc(-c3cccnc3)o2)cc1. The first-order valence-corrected chi connectivity index (χ1v) is 6.41. The molecule has 0 aliphatic carbocycles. The molecule has 7 nitrogen and oxygen atoms in total. The highest BCUT2D eigenvalue weighted by Crippen LogP contribution is 2.24. The largest absolute Gasteiger partial charge is 0.482 e. The topological polar surface area (TPSA) is 98.3 Å².